The van der Waals surface area contributed by atoms with E-state index in [2.05, 4.69) is 20.5 Å². The van der Waals surface area contributed by atoms with E-state index in [9.17, 15) is 4.79 Å². The monoisotopic (exact) mass is 278 g/mol. The summed E-state index contributed by atoms with van der Waals surface area (Å²) < 4.78 is 4.92. The molecule has 1 aliphatic heterocycles. The average molecular weight is 278 g/mol. The number of pyridine rings is 1. The number of carbonyl (C=O) groups is 1. The summed E-state index contributed by atoms with van der Waals surface area (Å²) in [6.45, 7) is 8.34. The molecule has 0 aromatic carbocycles. The van der Waals surface area contributed by atoms with E-state index in [0.29, 0.717) is 12.2 Å². The van der Waals surface area contributed by atoms with Crippen LogP contribution in [0.15, 0.2) is 18.3 Å². The molecule has 6 heteroatoms. The van der Waals surface area contributed by atoms with Crippen molar-refractivity contribution in [2.45, 2.75) is 6.92 Å². The molecule has 0 bridgehead atoms. The van der Waals surface area contributed by atoms with E-state index in [4.69, 9.17) is 4.74 Å². The molecule has 2 heterocycles. The van der Waals surface area contributed by atoms with Gasteiger partial charge in [-0.05, 0) is 19.1 Å². The summed E-state index contributed by atoms with van der Waals surface area (Å²) in [5.74, 6) is 0.459. The number of carbonyl (C=O) groups excluding carboxylic acids is 1. The predicted molar refractivity (Wildman–Crippen MR) is 78.0 cm³/mol. The highest BCUT2D eigenvalue weighted by atomic mass is 16.5. The van der Waals surface area contributed by atoms with Crippen molar-refractivity contribution in [3.8, 4) is 0 Å². The molecule has 0 atom stereocenters. The molecule has 0 radical (unpaired) electrons. The Morgan fingerprint density at radius 1 is 1.45 bits per heavy atom. The van der Waals surface area contributed by atoms with E-state index in [-0.39, 0.29) is 5.97 Å². The summed E-state index contributed by atoms with van der Waals surface area (Å²) in [5.41, 5.74) is 0.486. The maximum absolute atomic E-state index is 11.5. The highest BCUT2D eigenvalue weighted by molar-refractivity contribution is 5.89. The van der Waals surface area contributed by atoms with Crippen molar-refractivity contribution < 1.29 is 9.53 Å². The quantitative estimate of drug-likeness (QED) is 0.742. The van der Waals surface area contributed by atoms with Crippen LogP contribution in [0.3, 0.4) is 0 Å². The van der Waals surface area contributed by atoms with Gasteiger partial charge in [-0.25, -0.2) is 9.78 Å². The largest absolute Gasteiger partial charge is 0.462 e. The van der Waals surface area contributed by atoms with Crippen molar-refractivity contribution in [2.75, 3.05) is 51.2 Å². The third-order valence-electron chi connectivity index (χ3n) is 3.22. The molecule has 1 aliphatic rings. The average Bonchev–Trinajstić information content (AvgIpc) is 2.49. The van der Waals surface area contributed by atoms with Crippen molar-refractivity contribution in [1.82, 2.24) is 15.2 Å². The lowest BCUT2D eigenvalue weighted by Crippen LogP contribution is -2.45. The van der Waals surface area contributed by atoms with Crippen LogP contribution >= 0.6 is 0 Å². The first kappa shape index (κ1) is 14.7. The second-order valence-electron chi connectivity index (χ2n) is 4.67. The number of aromatic nitrogens is 1. The summed E-state index contributed by atoms with van der Waals surface area (Å²) >= 11 is 0. The molecular formula is C14H22N4O2. The van der Waals surface area contributed by atoms with Crippen LogP contribution in [-0.4, -0.2) is 61.7 Å². The molecule has 0 spiro atoms. The number of rotatable bonds is 6. The standard InChI is InChI=1S/C14H22N4O2/c1-2-20-14(19)12-3-4-13(17-11-12)16-7-10-18-8-5-15-6-9-18/h3-4,11,15H,2,5-10H2,1H3,(H,16,17). The van der Waals surface area contributed by atoms with E-state index in [0.717, 1.165) is 45.1 Å². The Morgan fingerprint density at radius 2 is 2.25 bits per heavy atom. The summed E-state index contributed by atoms with van der Waals surface area (Å²) in [6.07, 6.45) is 1.55. The van der Waals surface area contributed by atoms with E-state index < -0.39 is 0 Å². The van der Waals surface area contributed by atoms with Crippen LogP contribution in [-0.2, 0) is 4.74 Å². The van der Waals surface area contributed by atoms with Crippen LogP contribution in [0.4, 0.5) is 5.82 Å². The third kappa shape index (κ3) is 4.47. The number of esters is 1. The fraction of sp³-hybridized carbons (Fsp3) is 0.571. The van der Waals surface area contributed by atoms with Gasteiger partial charge in [0.1, 0.15) is 5.82 Å². The zero-order chi connectivity index (χ0) is 14.2. The second kappa shape index (κ2) is 7.81. The smallest absolute Gasteiger partial charge is 0.339 e. The fourth-order valence-corrected chi connectivity index (χ4v) is 2.11. The van der Waals surface area contributed by atoms with Gasteiger partial charge >= 0.3 is 5.97 Å². The van der Waals surface area contributed by atoms with Crippen molar-refractivity contribution in [2.24, 2.45) is 0 Å². The van der Waals surface area contributed by atoms with Gasteiger partial charge < -0.3 is 15.4 Å². The molecule has 2 N–H and O–H groups in total. The SMILES string of the molecule is CCOC(=O)c1ccc(NCCN2CCNCC2)nc1. The van der Waals surface area contributed by atoms with Gasteiger partial charge in [-0.15, -0.1) is 0 Å². The zero-order valence-electron chi connectivity index (χ0n) is 11.9. The van der Waals surface area contributed by atoms with Gasteiger partial charge in [0.2, 0.25) is 0 Å². The maximum Gasteiger partial charge on any atom is 0.339 e. The van der Waals surface area contributed by atoms with Crippen molar-refractivity contribution >= 4 is 11.8 Å². The molecular weight excluding hydrogens is 256 g/mol. The van der Waals surface area contributed by atoms with Gasteiger partial charge in [-0.1, -0.05) is 0 Å². The van der Waals surface area contributed by atoms with Gasteiger partial charge in [0.15, 0.2) is 0 Å². The molecule has 0 aliphatic carbocycles. The Hall–Kier alpha value is -1.66. The highest BCUT2D eigenvalue weighted by Gasteiger charge is 2.09. The topological polar surface area (TPSA) is 66.5 Å². The van der Waals surface area contributed by atoms with Crippen molar-refractivity contribution in [3.63, 3.8) is 0 Å². The van der Waals surface area contributed by atoms with Gasteiger partial charge in [0.05, 0.1) is 12.2 Å². The lowest BCUT2D eigenvalue weighted by molar-refractivity contribution is 0.0526. The minimum Gasteiger partial charge on any atom is -0.462 e. The first-order chi connectivity index (χ1) is 9.79. The van der Waals surface area contributed by atoms with Gasteiger partial charge in [0, 0.05) is 45.5 Å². The van der Waals surface area contributed by atoms with E-state index >= 15 is 0 Å². The molecule has 1 fully saturated rings. The van der Waals surface area contributed by atoms with E-state index in [1.54, 1.807) is 19.2 Å². The third-order valence-corrected chi connectivity index (χ3v) is 3.22. The van der Waals surface area contributed by atoms with Gasteiger partial charge in [-0.2, -0.15) is 0 Å². The Bertz CT molecular complexity index is 416. The molecule has 20 heavy (non-hydrogen) atoms. The Kier molecular flexibility index (Phi) is 5.76. The first-order valence-corrected chi connectivity index (χ1v) is 7.09. The number of nitrogens with one attached hydrogen (secondary N) is 2. The van der Waals surface area contributed by atoms with Crippen LogP contribution in [0.25, 0.3) is 0 Å². The molecule has 110 valence electrons. The Morgan fingerprint density at radius 3 is 2.90 bits per heavy atom. The van der Waals surface area contributed by atoms with Crippen LogP contribution in [0.2, 0.25) is 0 Å². The van der Waals surface area contributed by atoms with E-state index in [1.807, 2.05) is 6.07 Å². The number of piperazine rings is 1. The van der Waals surface area contributed by atoms with Crippen molar-refractivity contribution in [1.29, 1.82) is 0 Å². The lowest BCUT2D eigenvalue weighted by Gasteiger charge is -2.27. The van der Waals surface area contributed by atoms with Gasteiger partial charge in [0.25, 0.3) is 0 Å². The normalized spacial score (nSPS) is 15.8. The van der Waals surface area contributed by atoms with Gasteiger partial charge in [-0.3, -0.25) is 4.90 Å². The lowest BCUT2D eigenvalue weighted by atomic mass is 10.3. The van der Waals surface area contributed by atoms with Crippen molar-refractivity contribution in [3.05, 3.63) is 23.9 Å². The van der Waals surface area contributed by atoms with Crippen LogP contribution < -0.4 is 10.6 Å². The first-order valence-electron chi connectivity index (χ1n) is 7.09. The predicted octanol–water partition coefficient (Wildman–Crippen LogP) is 0.575. The van der Waals surface area contributed by atoms with Crippen LogP contribution in [0.5, 0.6) is 0 Å². The molecule has 0 saturated carbocycles. The summed E-state index contributed by atoms with van der Waals surface area (Å²) in [5, 5.41) is 6.60. The number of hydrogen-bond donors (Lipinski definition) is 2. The van der Waals surface area contributed by atoms with E-state index in [1.165, 1.54) is 0 Å². The molecule has 0 amide bonds. The fourth-order valence-electron chi connectivity index (χ4n) is 2.11. The maximum atomic E-state index is 11.5. The minimum absolute atomic E-state index is 0.327. The zero-order valence-corrected chi connectivity index (χ0v) is 11.9. The Labute approximate surface area is 119 Å². The number of ether oxygens (including phenoxy) is 1. The minimum atomic E-state index is -0.327. The van der Waals surface area contributed by atoms with Crippen LogP contribution in [0, 0.1) is 0 Å². The number of anilines is 1. The number of hydrogen-bond acceptors (Lipinski definition) is 6. The summed E-state index contributed by atoms with van der Waals surface area (Å²) in [7, 11) is 0. The highest BCUT2D eigenvalue weighted by Crippen LogP contribution is 2.06. The van der Waals surface area contributed by atoms with Crippen LogP contribution in [0.1, 0.15) is 17.3 Å². The second-order valence-corrected chi connectivity index (χ2v) is 4.67. The molecule has 1 aromatic rings. The number of nitrogens with zero attached hydrogens (tertiary/aromatic N) is 2. The molecule has 6 nitrogen and oxygen atoms in total. The Balaban J connectivity index is 1.74. The molecule has 1 aromatic heterocycles. The summed E-state index contributed by atoms with van der Waals surface area (Å²) in [4.78, 5) is 18.1. The molecule has 0 unspecified atom stereocenters. The summed E-state index contributed by atoms with van der Waals surface area (Å²) in [6, 6.07) is 3.54. The molecule has 2 rings (SSSR count). The molecule has 1 saturated heterocycles.